The van der Waals surface area contributed by atoms with Gasteiger partial charge < -0.3 is 14.2 Å². The second-order valence-electron chi connectivity index (χ2n) is 8.50. The Morgan fingerprint density at radius 3 is 2.87 bits per heavy atom. The fraction of sp³-hybridized carbons (Fsp3) is 0.435. The topological polar surface area (TPSA) is 65.2 Å². The van der Waals surface area contributed by atoms with Crippen LogP contribution in [0.1, 0.15) is 40.2 Å². The number of aryl methyl sites for hydroxylation is 2. The smallest absolute Gasteiger partial charge is 0.257 e. The number of benzene rings is 1. The van der Waals surface area contributed by atoms with Gasteiger partial charge in [-0.1, -0.05) is 11.6 Å². The van der Waals surface area contributed by atoms with Crippen LogP contribution >= 0.6 is 11.6 Å². The van der Waals surface area contributed by atoms with Gasteiger partial charge in [-0.05, 0) is 43.9 Å². The summed E-state index contributed by atoms with van der Waals surface area (Å²) in [6.07, 6.45) is 5.22. The van der Waals surface area contributed by atoms with Crippen molar-refractivity contribution in [1.82, 2.24) is 24.2 Å². The SMILES string of the molecule is COc1ccc(Cl)cc1C(=O)N1CCc2c(c(-c3ncc(C)n3CC3CC3)nn2C)C1. The fourth-order valence-electron chi connectivity index (χ4n) is 4.40. The molecule has 1 amide bonds. The Kier molecular flexibility index (Phi) is 5.01. The Hall–Kier alpha value is -2.80. The van der Waals surface area contributed by atoms with E-state index in [9.17, 15) is 4.79 Å². The Morgan fingerprint density at radius 1 is 1.32 bits per heavy atom. The van der Waals surface area contributed by atoms with Gasteiger partial charge in [0, 0.05) is 54.7 Å². The number of carbonyl (C=O) groups excluding carboxylic acids is 1. The first-order valence-electron chi connectivity index (χ1n) is 10.7. The summed E-state index contributed by atoms with van der Waals surface area (Å²) < 4.78 is 9.63. The number of hydrogen-bond donors (Lipinski definition) is 0. The zero-order valence-corrected chi connectivity index (χ0v) is 18.8. The monoisotopic (exact) mass is 439 g/mol. The van der Waals surface area contributed by atoms with Gasteiger partial charge in [-0.15, -0.1) is 0 Å². The first kappa shape index (κ1) is 20.1. The Bertz CT molecular complexity index is 1160. The summed E-state index contributed by atoms with van der Waals surface area (Å²) in [6, 6.07) is 5.14. The zero-order chi connectivity index (χ0) is 21.7. The molecule has 1 aliphatic carbocycles. The second kappa shape index (κ2) is 7.71. The first-order valence-corrected chi connectivity index (χ1v) is 11.0. The number of hydrogen-bond acceptors (Lipinski definition) is 4. The lowest BCUT2D eigenvalue weighted by molar-refractivity contribution is 0.0730. The summed E-state index contributed by atoms with van der Waals surface area (Å²) in [7, 11) is 3.54. The lowest BCUT2D eigenvalue weighted by Gasteiger charge is -2.28. The quantitative estimate of drug-likeness (QED) is 0.605. The summed E-state index contributed by atoms with van der Waals surface area (Å²) in [4.78, 5) is 19.9. The van der Waals surface area contributed by atoms with E-state index in [1.54, 1.807) is 25.3 Å². The standard InChI is InChI=1S/C23H26ClN5O2/c1-14-11-25-22(29(14)12-15-4-5-15)21-18-13-28(9-8-19(18)27(2)26-21)23(30)17-10-16(24)6-7-20(17)31-3/h6-7,10-11,15H,4-5,8-9,12-13H2,1-3H3. The fourth-order valence-corrected chi connectivity index (χ4v) is 4.57. The molecule has 3 aromatic rings. The molecule has 162 valence electrons. The number of carbonyl (C=O) groups is 1. The molecule has 3 heterocycles. The molecular weight excluding hydrogens is 414 g/mol. The number of rotatable bonds is 5. The molecule has 0 spiro atoms. The number of methoxy groups -OCH3 is 1. The van der Waals surface area contributed by atoms with E-state index in [4.69, 9.17) is 26.4 Å². The van der Waals surface area contributed by atoms with E-state index in [1.807, 2.05) is 22.8 Å². The Labute approximate surface area is 186 Å². The van der Waals surface area contributed by atoms with Gasteiger partial charge in [0.1, 0.15) is 11.4 Å². The second-order valence-corrected chi connectivity index (χ2v) is 8.93. The maximum absolute atomic E-state index is 13.4. The van der Waals surface area contributed by atoms with Crippen molar-refractivity contribution in [3.05, 3.63) is 51.9 Å². The lowest BCUT2D eigenvalue weighted by Crippen LogP contribution is -2.36. The third kappa shape index (κ3) is 3.61. The summed E-state index contributed by atoms with van der Waals surface area (Å²) in [5, 5.41) is 5.34. The van der Waals surface area contributed by atoms with Gasteiger partial charge >= 0.3 is 0 Å². The van der Waals surface area contributed by atoms with Crippen LogP contribution in [0.25, 0.3) is 11.5 Å². The number of fused-ring (bicyclic) bond motifs is 1. The van der Waals surface area contributed by atoms with Crippen LogP contribution in [-0.2, 0) is 26.6 Å². The highest BCUT2D eigenvalue weighted by Gasteiger charge is 2.31. The van der Waals surface area contributed by atoms with Gasteiger partial charge in [-0.25, -0.2) is 4.98 Å². The third-order valence-corrected chi connectivity index (χ3v) is 6.56. The highest BCUT2D eigenvalue weighted by molar-refractivity contribution is 6.31. The zero-order valence-electron chi connectivity index (χ0n) is 18.1. The van der Waals surface area contributed by atoms with E-state index >= 15 is 0 Å². The van der Waals surface area contributed by atoms with E-state index in [0.717, 1.165) is 47.4 Å². The van der Waals surface area contributed by atoms with Gasteiger partial charge in [-0.3, -0.25) is 9.48 Å². The van der Waals surface area contributed by atoms with Crippen molar-refractivity contribution in [2.75, 3.05) is 13.7 Å². The first-order chi connectivity index (χ1) is 15.0. The maximum atomic E-state index is 13.4. The molecule has 0 radical (unpaired) electrons. The van der Waals surface area contributed by atoms with Crippen molar-refractivity contribution in [2.24, 2.45) is 13.0 Å². The molecule has 1 saturated carbocycles. The van der Waals surface area contributed by atoms with Crippen molar-refractivity contribution in [2.45, 2.75) is 39.3 Å². The Balaban J connectivity index is 1.50. The van der Waals surface area contributed by atoms with Crippen molar-refractivity contribution < 1.29 is 9.53 Å². The third-order valence-electron chi connectivity index (χ3n) is 6.33. The summed E-state index contributed by atoms with van der Waals surface area (Å²) >= 11 is 6.16. The largest absolute Gasteiger partial charge is 0.496 e. The van der Waals surface area contributed by atoms with Crippen LogP contribution in [0.2, 0.25) is 5.02 Å². The summed E-state index contributed by atoms with van der Waals surface area (Å²) in [5.41, 5.74) is 4.74. The summed E-state index contributed by atoms with van der Waals surface area (Å²) in [6.45, 7) is 4.18. The molecule has 0 unspecified atom stereocenters. The van der Waals surface area contributed by atoms with Crippen LogP contribution in [0.3, 0.4) is 0 Å². The van der Waals surface area contributed by atoms with Crippen molar-refractivity contribution in [1.29, 1.82) is 0 Å². The van der Waals surface area contributed by atoms with Crippen LogP contribution < -0.4 is 4.74 Å². The number of imidazole rings is 1. The molecule has 1 aliphatic heterocycles. The van der Waals surface area contributed by atoms with Crippen molar-refractivity contribution in [3.8, 4) is 17.3 Å². The van der Waals surface area contributed by atoms with Crippen LogP contribution in [0.4, 0.5) is 0 Å². The molecule has 0 atom stereocenters. The van der Waals surface area contributed by atoms with Crippen LogP contribution in [-0.4, -0.2) is 43.8 Å². The van der Waals surface area contributed by atoms with E-state index in [-0.39, 0.29) is 5.91 Å². The molecule has 0 N–H and O–H groups in total. The number of aromatic nitrogens is 4. The highest BCUT2D eigenvalue weighted by atomic mass is 35.5. The molecule has 8 heteroatoms. The van der Waals surface area contributed by atoms with Gasteiger partial charge in [0.15, 0.2) is 5.82 Å². The van der Waals surface area contributed by atoms with Gasteiger partial charge in [0.2, 0.25) is 0 Å². The molecule has 5 rings (SSSR count). The van der Waals surface area contributed by atoms with Crippen molar-refractivity contribution in [3.63, 3.8) is 0 Å². The van der Waals surface area contributed by atoms with E-state index in [1.165, 1.54) is 12.8 Å². The lowest BCUT2D eigenvalue weighted by atomic mass is 10.0. The number of halogens is 1. The minimum atomic E-state index is -0.0858. The Morgan fingerprint density at radius 2 is 2.13 bits per heavy atom. The van der Waals surface area contributed by atoms with Crippen LogP contribution in [0, 0.1) is 12.8 Å². The molecule has 1 aromatic carbocycles. The molecule has 1 fully saturated rings. The minimum absolute atomic E-state index is 0.0858. The van der Waals surface area contributed by atoms with E-state index in [0.29, 0.717) is 29.4 Å². The summed E-state index contributed by atoms with van der Waals surface area (Å²) in [5.74, 6) is 2.08. The average Bonchev–Trinajstić information content (AvgIpc) is 3.45. The molecule has 0 bridgehead atoms. The molecule has 2 aliphatic rings. The van der Waals surface area contributed by atoms with E-state index < -0.39 is 0 Å². The minimum Gasteiger partial charge on any atom is -0.496 e. The predicted molar refractivity (Wildman–Crippen MR) is 118 cm³/mol. The van der Waals surface area contributed by atoms with Crippen LogP contribution in [0.15, 0.2) is 24.4 Å². The normalized spacial score (nSPS) is 15.8. The van der Waals surface area contributed by atoms with Gasteiger partial charge in [-0.2, -0.15) is 5.10 Å². The molecule has 31 heavy (non-hydrogen) atoms. The number of ether oxygens (including phenoxy) is 1. The van der Waals surface area contributed by atoms with Crippen molar-refractivity contribution >= 4 is 17.5 Å². The average molecular weight is 440 g/mol. The van der Waals surface area contributed by atoms with Gasteiger partial charge in [0.25, 0.3) is 5.91 Å². The van der Waals surface area contributed by atoms with E-state index in [2.05, 4.69) is 11.5 Å². The number of amides is 1. The number of nitrogens with zero attached hydrogens (tertiary/aromatic N) is 5. The van der Waals surface area contributed by atoms with Gasteiger partial charge in [0.05, 0.1) is 19.2 Å². The van der Waals surface area contributed by atoms with Crippen LogP contribution in [0.5, 0.6) is 5.75 Å². The molecular formula is C23H26ClN5O2. The molecule has 2 aromatic heterocycles. The molecule has 0 saturated heterocycles. The maximum Gasteiger partial charge on any atom is 0.257 e. The predicted octanol–water partition coefficient (Wildman–Crippen LogP) is 3.86. The highest BCUT2D eigenvalue weighted by Crippen LogP contribution is 2.35. The molecule has 7 nitrogen and oxygen atoms in total.